The second-order valence-corrected chi connectivity index (χ2v) is 7.64. The molecule has 2 saturated carbocycles. The van der Waals surface area contributed by atoms with Crippen molar-refractivity contribution in [2.45, 2.75) is 43.5 Å². The number of hydrogen-bond donors (Lipinski definition) is 2. The van der Waals surface area contributed by atoms with E-state index in [9.17, 15) is 4.79 Å². The fraction of sp³-hybridized carbons (Fsp3) is 0.562. The first-order valence-electron chi connectivity index (χ1n) is 7.34. The van der Waals surface area contributed by atoms with Gasteiger partial charge in [-0.05, 0) is 78.1 Å². The van der Waals surface area contributed by atoms with E-state index in [-0.39, 0.29) is 11.9 Å². The predicted molar refractivity (Wildman–Crippen MR) is 87.3 cm³/mol. The van der Waals surface area contributed by atoms with E-state index < -0.39 is 0 Å². The molecule has 0 heterocycles. The molecule has 0 radical (unpaired) electrons. The van der Waals surface area contributed by atoms with Gasteiger partial charge in [0.2, 0.25) is 0 Å². The predicted octanol–water partition coefficient (Wildman–Crippen LogP) is 4.29. The molecular formula is C16H20BrNOS. The minimum absolute atomic E-state index is 0.00282. The maximum Gasteiger partial charge on any atom is 0.252 e. The van der Waals surface area contributed by atoms with Gasteiger partial charge in [-0.25, -0.2) is 0 Å². The van der Waals surface area contributed by atoms with Crippen molar-refractivity contribution in [1.29, 1.82) is 0 Å². The Morgan fingerprint density at radius 2 is 2.20 bits per heavy atom. The zero-order chi connectivity index (χ0) is 14.3. The molecule has 4 heteroatoms. The molecule has 0 aliphatic heterocycles. The minimum atomic E-state index is 0.00282. The van der Waals surface area contributed by atoms with Crippen LogP contribution in [0.2, 0.25) is 0 Å². The smallest absolute Gasteiger partial charge is 0.252 e. The Bertz CT molecular complexity index is 533. The van der Waals surface area contributed by atoms with E-state index in [0.29, 0.717) is 11.5 Å². The Kier molecular flexibility index (Phi) is 4.14. The van der Waals surface area contributed by atoms with Crippen LogP contribution in [-0.2, 0) is 0 Å². The van der Waals surface area contributed by atoms with Crippen LogP contribution in [0.25, 0.3) is 0 Å². The Hall–Kier alpha value is -0.480. The molecule has 2 bridgehead atoms. The molecule has 108 valence electrons. The third kappa shape index (κ3) is 2.77. The quantitative estimate of drug-likeness (QED) is 0.779. The lowest BCUT2D eigenvalue weighted by Gasteiger charge is -2.28. The summed E-state index contributed by atoms with van der Waals surface area (Å²) in [6.45, 7) is 2.15. The molecule has 4 atom stereocenters. The standard InChI is InChI=1S/C16H20BrNOS/c1-9(13-7-10-2-3-11(13)6-10)18-16(19)14-8-12(20)4-5-15(14)17/h4-5,8-11,13,20H,2-3,6-7H2,1H3,(H,18,19). The van der Waals surface area contributed by atoms with Gasteiger partial charge in [-0.15, -0.1) is 12.6 Å². The van der Waals surface area contributed by atoms with Crippen molar-refractivity contribution in [2.24, 2.45) is 17.8 Å². The third-order valence-electron chi connectivity index (χ3n) is 4.99. The van der Waals surface area contributed by atoms with Crippen molar-refractivity contribution >= 4 is 34.5 Å². The van der Waals surface area contributed by atoms with Crippen LogP contribution in [0, 0.1) is 17.8 Å². The van der Waals surface area contributed by atoms with Crippen molar-refractivity contribution in [2.75, 3.05) is 0 Å². The van der Waals surface area contributed by atoms with E-state index in [0.717, 1.165) is 21.2 Å². The third-order valence-corrected chi connectivity index (χ3v) is 5.96. The van der Waals surface area contributed by atoms with Crippen LogP contribution in [0.15, 0.2) is 27.6 Å². The number of halogens is 1. The summed E-state index contributed by atoms with van der Waals surface area (Å²) >= 11 is 7.75. The highest BCUT2D eigenvalue weighted by Crippen LogP contribution is 2.49. The van der Waals surface area contributed by atoms with Gasteiger partial charge in [-0.3, -0.25) is 4.79 Å². The molecule has 2 fully saturated rings. The number of carbonyl (C=O) groups is 1. The molecule has 1 amide bonds. The van der Waals surface area contributed by atoms with Gasteiger partial charge in [0.25, 0.3) is 5.91 Å². The highest BCUT2D eigenvalue weighted by molar-refractivity contribution is 9.10. The lowest BCUT2D eigenvalue weighted by Crippen LogP contribution is -2.40. The number of fused-ring (bicyclic) bond motifs is 2. The number of thiol groups is 1. The largest absolute Gasteiger partial charge is 0.349 e. The average Bonchev–Trinajstić information content (AvgIpc) is 3.03. The molecular weight excluding hydrogens is 334 g/mol. The molecule has 0 aromatic heterocycles. The number of amides is 1. The van der Waals surface area contributed by atoms with Gasteiger partial charge in [0.15, 0.2) is 0 Å². The highest BCUT2D eigenvalue weighted by atomic mass is 79.9. The number of hydrogen-bond acceptors (Lipinski definition) is 2. The van der Waals surface area contributed by atoms with Gasteiger partial charge >= 0.3 is 0 Å². The van der Waals surface area contributed by atoms with E-state index in [1.54, 1.807) is 0 Å². The molecule has 1 aromatic rings. The van der Waals surface area contributed by atoms with Gasteiger partial charge in [-0.2, -0.15) is 0 Å². The van der Waals surface area contributed by atoms with Crippen LogP contribution >= 0.6 is 28.6 Å². The summed E-state index contributed by atoms with van der Waals surface area (Å²) in [5.74, 6) is 2.41. The molecule has 4 unspecified atom stereocenters. The topological polar surface area (TPSA) is 29.1 Å². The zero-order valence-corrected chi connectivity index (χ0v) is 14.1. The second kappa shape index (κ2) is 5.72. The Balaban J connectivity index is 1.68. The Morgan fingerprint density at radius 3 is 2.85 bits per heavy atom. The summed E-state index contributed by atoms with van der Waals surface area (Å²) in [5.41, 5.74) is 0.674. The summed E-state index contributed by atoms with van der Waals surface area (Å²) < 4.78 is 0.827. The fourth-order valence-electron chi connectivity index (χ4n) is 3.99. The average molecular weight is 354 g/mol. The molecule has 1 N–H and O–H groups in total. The molecule has 2 nitrogen and oxygen atoms in total. The van der Waals surface area contributed by atoms with Crippen LogP contribution in [-0.4, -0.2) is 11.9 Å². The summed E-state index contributed by atoms with van der Waals surface area (Å²) in [6, 6.07) is 5.83. The molecule has 2 aliphatic carbocycles. The van der Waals surface area contributed by atoms with Gasteiger partial charge in [0, 0.05) is 15.4 Å². The molecule has 3 rings (SSSR count). The molecule has 1 aromatic carbocycles. The maximum atomic E-state index is 12.4. The van der Waals surface area contributed by atoms with Crippen molar-refractivity contribution in [3.63, 3.8) is 0 Å². The monoisotopic (exact) mass is 353 g/mol. The van der Waals surface area contributed by atoms with E-state index in [1.807, 2.05) is 18.2 Å². The summed E-state index contributed by atoms with van der Waals surface area (Å²) in [5, 5.41) is 3.19. The molecule has 0 saturated heterocycles. The second-order valence-electron chi connectivity index (χ2n) is 6.27. The fourth-order valence-corrected chi connectivity index (χ4v) is 4.62. The minimum Gasteiger partial charge on any atom is -0.349 e. The summed E-state index contributed by atoms with van der Waals surface area (Å²) in [6.07, 6.45) is 5.42. The van der Waals surface area contributed by atoms with E-state index >= 15 is 0 Å². The lowest BCUT2D eigenvalue weighted by atomic mass is 9.84. The maximum absolute atomic E-state index is 12.4. The molecule has 2 aliphatic rings. The van der Waals surface area contributed by atoms with Crippen LogP contribution in [0.5, 0.6) is 0 Å². The van der Waals surface area contributed by atoms with E-state index in [4.69, 9.17) is 0 Å². The lowest BCUT2D eigenvalue weighted by molar-refractivity contribution is 0.0914. The van der Waals surface area contributed by atoms with Gasteiger partial charge in [-0.1, -0.05) is 6.42 Å². The van der Waals surface area contributed by atoms with Crippen molar-refractivity contribution < 1.29 is 4.79 Å². The van der Waals surface area contributed by atoms with Gasteiger partial charge in [0.05, 0.1) is 5.56 Å². The van der Waals surface area contributed by atoms with Crippen molar-refractivity contribution in [3.8, 4) is 0 Å². The van der Waals surface area contributed by atoms with Crippen molar-refractivity contribution in [3.05, 3.63) is 28.2 Å². The van der Waals surface area contributed by atoms with E-state index in [1.165, 1.54) is 25.7 Å². The van der Waals surface area contributed by atoms with Crippen LogP contribution in [0.1, 0.15) is 43.0 Å². The molecule has 0 spiro atoms. The van der Waals surface area contributed by atoms with Crippen LogP contribution in [0.4, 0.5) is 0 Å². The Labute approximate surface area is 134 Å². The first-order valence-corrected chi connectivity index (χ1v) is 8.58. The Morgan fingerprint density at radius 1 is 1.40 bits per heavy atom. The number of benzene rings is 1. The van der Waals surface area contributed by atoms with Gasteiger partial charge in [0.1, 0.15) is 0 Å². The first-order chi connectivity index (χ1) is 9.54. The number of rotatable bonds is 3. The summed E-state index contributed by atoms with van der Waals surface area (Å²) in [7, 11) is 0. The zero-order valence-electron chi connectivity index (χ0n) is 11.6. The van der Waals surface area contributed by atoms with Crippen LogP contribution < -0.4 is 5.32 Å². The van der Waals surface area contributed by atoms with Gasteiger partial charge < -0.3 is 5.32 Å². The SMILES string of the molecule is CC(NC(=O)c1cc(S)ccc1Br)C1CC2CCC1C2. The van der Waals surface area contributed by atoms with Crippen molar-refractivity contribution in [1.82, 2.24) is 5.32 Å². The normalized spacial score (nSPS) is 29.4. The number of carbonyl (C=O) groups excluding carboxylic acids is 1. The molecule has 20 heavy (non-hydrogen) atoms. The van der Waals surface area contributed by atoms with Crippen LogP contribution in [0.3, 0.4) is 0 Å². The summed E-state index contributed by atoms with van der Waals surface area (Å²) in [4.78, 5) is 13.2. The van der Waals surface area contributed by atoms with E-state index in [2.05, 4.69) is 40.8 Å². The first kappa shape index (κ1) is 14.5. The number of nitrogens with one attached hydrogen (secondary N) is 1. The highest BCUT2D eigenvalue weighted by Gasteiger charge is 2.42.